The molecule has 0 aromatic heterocycles. The average molecular weight is 298 g/mol. The van der Waals surface area contributed by atoms with Crippen molar-refractivity contribution in [1.29, 1.82) is 0 Å². The maximum absolute atomic E-state index is 12.8. The van der Waals surface area contributed by atoms with Crippen molar-refractivity contribution in [3.05, 3.63) is 0 Å². The molecule has 1 rings (SSSR count). The SMILES string of the molecule is CCCC(CCC)(C(=O)NC1CCC(C)CC1)C(N)=S. The van der Waals surface area contributed by atoms with E-state index in [4.69, 9.17) is 18.0 Å². The Kier molecular flexibility index (Phi) is 6.93. The maximum Gasteiger partial charge on any atom is 0.233 e. The number of nitrogens with two attached hydrogens (primary N) is 1. The molecule has 0 bridgehead atoms. The number of carbonyl (C=O) groups excluding carboxylic acids is 1. The minimum Gasteiger partial charge on any atom is -0.392 e. The predicted molar refractivity (Wildman–Crippen MR) is 88.6 cm³/mol. The summed E-state index contributed by atoms with van der Waals surface area (Å²) in [6.07, 6.45) is 7.92. The van der Waals surface area contributed by atoms with Crippen molar-refractivity contribution in [2.24, 2.45) is 17.1 Å². The zero-order chi connectivity index (χ0) is 15.2. The molecule has 1 amide bonds. The van der Waals surface area contributed by atoms with E-state index in [0.29, 0.717) is 11.0 Å². The first-order valence-corrected chi connectivity index (χ1v) is 8.48. The summed E-state index contributed by atoms with van der Waals surface area (Å²) >= 11 is 5.24. The van der Waals surface area contributed by atoms with Gasteiger partial charge in [-0.15, -0.1) is 0 Å². The van der Waals surface area contributed by atoms with E-state index >= 15 is 0 Å². The molecule has 1 fully saturated rings. The van der Waals surface area contributed by atoms with Crippen LogP contribution < -0.4 is 11.1 Å². The third-order valence-corrected chi connectivity index (χ3v) is 5.00. The molecule has 1 aliphatic rings. The van der Waals surface area contributed by atoms with Crippen molar-refractivity contribution in [1.82, 2.24) is 5.32 Å². The van der Waals surface area contributed by atoms with E-state index in [-0.39, 0.29) is 5.91 Å². The second-order valence-electron chi connectivity index (χ2n) is 6.38. The highest BCUT2D eigenvalue weighted by atomic mass is 32.1. The topological polar surface area (TPSA) is 55.1 Å². The normalized spacial score (nSPS) is 23.4. The lowest BCUT2D eigenvalue weighted by Crippen LogP contribution is -2.52. The van der Waals surface area contributed by atoms with Crippen LogP contribution in [0.3, 0.4) is 0 Å². The molecule has 0 unspecified atom stereocenters. The molecule has 0 atom stereocenters. The van der Waals surface area contributed by atoms with Gasteiger partial charge in [-0.25, -0.2) is 0 Å². The van der Waals surface area contributed by atoms with Gasteiger partial charge in [0, 0.05) is 6.04 Å². The lowest BCUT2D eigenvalue weighted by molar-refractivity contribution is -0.129. The van der Waals surface area contributed by atoms with Gasteiger partial charge in [0.15, 0.2) is 0 Å². The largest absolute Gasteiger partial charge is 0.392 e. The summed E-state index contributed by atoms with van der Waals surface area (Å²) < 4.78 is 0. The minimum atomic E-state index is -0.637. The van der Waals surface area contributed by atoms with Crippen LogP contribution in [0.2, 0.25) is 0 Å². The van der Waals surface area contributed by atoms with Crippen molar-refractivity contribution in [2.75, 3.05) is 0 Å². The summed E-state index contributed by atoms with van der Waals surface area (Å²) in [7, 11) is 0. The third-order valence-electron chi connectivity index (χ3n) is 4.61. The van der Waals surface area contributed by atoms with Crippen LogP contribution in [0.5, 0.6) is 0 Å². The van der Waals surface area contributed by atoms with E-state index in [2.05, 4.69) is 26.1 Å². The van der Waals surface area contributed by atoms with Crippen molar-refractivity contribution >= 4 is 23.1 Å². The zero-order valence-electron chi connectivity index (χ0n) is 13.2. The second kappa shape index (κ2) is 7.96. The van der Waals surface area contributed by atoms with E-state index in [1.807, 2.05) is 0 Å². The lowest BCUT2D eigenvalue weighted by atomic mass is 9.77. The molecule has 0 radical (unpaired) electrons. The van der Waals surface area contributed by atoms with Crippen molar-refractivity contribution < 1.29 is 4.79 Å². The van der Waals surface area contributed by atoms with E-state index < -0.39 is 5.41 Å². The van der Waals surface area contributed by atoms with Gasteiger partial charge in [-0.2, -0.15) is 0 Å². The minimum absolute atomic E-state index is 0.0632. The van der Waals surface area contributed by atoms with Gasteiger partial charge in [0.2, 0.25) is 5.91 Å². The van der Waals surface area contributed by atoms with Gasteiger partial charge in [-0.3, -0.25) is 4.79 Å². The van der Waals surface area contributed by atoms with E-state index in [9.17, 15) is 4.79 Å². The third kappa shape index (κ3) is 4.18. The Labute approximate surface area is 129 Å². The van der Waals surface area contributed by atoms with Crippen LogP contribution in [0.4, 0.5) is 0 Å². The monoisotopic (exact) mass is 298 g/mol. The number of amides is 1. The fourth-order valence-electron chi connectivity index (χ4n) is 3.29. The number of hydrogen-bond acceptors (Lipinski definition) is 2. The lowest BCUT2D eigenvalue weighted by Gasteiger charge is -2.34. The molecule has 0 aliphatic heterocycles. The summed E-state index contributed by atoms with van der Waals surface area (Å²) in [5.74, 6) is 0.850. The highest BCUT2D eigenvalue weighted by Crippen LogP contribution is 2.32. The van der Waals surface area contributed by atoms with Gasteiger partial charge >= 0.3 is 0 Å². The maximum atomic E-state index is 12.8. The fourth-order valence-corrected chi connectivity index (χ4v) is 3.59. The van der Waals surface area contributed by atoms with Crippen molar-refractivity contribution in [3.8, 4) is 0 Å². The molecule has 0 spiro atoms. The van der Waals surface area contributed by atoms with Crippen molar-refractivity contribution in [3.63, 3.8) is 0 Å². The van der Waals surface area contributed by atoms with Gasteiger partial charge in [0.1, 0.15) is 0 Å². The molecular formula is C16H30N2OS. The van der Waals surface area contributed by atoms with E-state index in [0.717, 1.165) is 44.4 Å². The summed E-state index contributed by atoms with van der Waals surface area (Å²) in [6, 6.07) is 0.307. The van der Waals surface area contributed by atoms with Crippen LogP contribution in [0.1, 0.15) is 72.1 Å². The molecule has 4 heteroatoms. The second-order valence-corrected chi connectivity index (χ2v) is 6.82. The predicted octanol–water partition coefficient (Wildman–Crippen LogP) is 3.55. The van der Waals surface area contributed by atoms with Crippen LogP contribution in [0, 0.1) is 11.3 Å². The Bertz CT molecular complexity index is 329. The van der Waals surface area contributed by atoms with Gasteiger partial charge in [-0.05, 0) is 44.4 Å². The van der Waals surface area contributed by atoms with Crippen LogP contribution in [-0.4, -0.2) is 16.9 Å². The smallest absolute Gasteiger partial charge is 0.233 e. The van der Waals surface area contributed by atoms with Gasteiger partial charge in [0.25, 0.3) is 0 Å². The summed E-state index contributed by atoms with van der Waals surface area (Å²) in [6.45, 7) is 6.45. The molecule has 0 heterocycles. The molecule has 1 saturated carbocycles. The zero-order valence-corrected chi connectivity index (χ0v) is 14.0. The average Bonchev–Trinajstić information content (AvgIpc) is 2.40. The molecule has 116 valence electrons. The molecule has 3 N–H and O–H groups in total. The van der Waals surface area contributed by atoms with Crippen molar-refractivity contribution in [2.45, 2.75) is 78.2 Å². The summed E-state index contributed by atoms with van der Waals surface area (Å²) in [5, 5.41) is 3.22. The summed E-state index contributed by atoms with van der Waals surface area (Å²) in [5.41, 5.74) is 5.31. The summed E-state index contributed by atoms with van der Waals surface area (Å²) in [4.78, 5) is 13.1. The van der Waals surface area contributed by atoms with E-state index in [1.54, 1.807) is 0 Å². The highest BCUT2D eigenvalue weighted by Gasteiger charge is 2.40. The highest BCUT2D eigenvalue weighted by molar-refractivity contribution is 7.80. The molecule has 1 aliphatic carbocycles. The number of carbonyl (C=O) groups is 1. The first-order valence-electron chi connectivity index (χ1n) is 8.07. The molecule has 0 saturated heterocycles. The number of rotatable bonds is 7. The molecule has 20 heavy (non-hydrogen) atoms. The number of hydrogen-bond donors (Lipinski definition) is 2. The van der Waals surface area contributed by atoms with Crippen LogP contribution >= 0.6 is 12.2 Å². The number of nitrogens with one attached hydrogen (secondary N) is 1. The molecule has 3 nitrogen and oxygen atoms in total. The first kappa shape index (κ1) is 17.4. The van der Waals surface area contributed by atoms with Crippen LogP contribution in [0.25, 0.3) is 0 Å². The molecule has 0 aromatic carbocycles. The Hall–Kier alpha value is -0.640. The van der Waals surface area contributed by atoms with E-state index in [1.165, 1.54) is 12.8 Å². The molecular weight excluding hydrogens is 268 g/mol. The van der Waals surface area contributed by atoms with Gasteiger partial charge < -0.3 is 11.1 Å². The Morgan fingerprint density at radius 3 is 2.10 bits per heavy atom. The van der Waals surface area contributed by atoms with Gasteiger partial charge in [-0.1, -0.05) is 45.8 Å². The Morgan fingerprint density at radius 1 is 1.20 bits per heavy atom. The first-order chi connectivity index (χ1) is 9.46. The van der Waals surface area contributed by atoms with Gasteiger partial charge in [0.05, 0.1) is 10.4 Å². The Morgan fingerprint density at radius 2 is 1.70 bits per heavy atom. The Balaban J connectivity index is 2.74. The van der Waals surface area contributed by atoms with Crippen LogP contribution in [0.15, 0.2) is 0 Å². The standard InChI is InChI=1S/C16H30N2OS/c1-4-10-16(11-5-2,14(17)20)15(19)18-13-8-6-12(3)7-9-13/h12-13H,4-11H2,1-3H3,(H2,17,20)(H,18,19). The molecule has 0 aromatic rings. The quantitative estimate of drug-likeness (QED) is 0.707. The fraction of sp³-hybridized carbons (Fsp3) is 0.875. The number of thiocarbonyl (C=S) groups is 1. The van der Waals surface area contributed by atoms with Crippen LogP contribution in [-0.2, 0) is 4.79 Å².